The van der Waals surface area contributed by atoms with Gasteiger partial charge in [0.25, 0.3) is 5.91 Å². The number of nitrogens with zero attached hydrogens (tertiary/aromatic N) is 2. The zero-order chi connectivity index (χ0) is 30.3. The van der Waals surface area contributed by atoms with Crippen molar-refractivity contribution in [1.82, 2.24) is 9.71 Å². The third-order valence-electron chi connectivity index (χ3n) is 9.28. The van der Waals surface area contributed by atoms with Crippen LogP contribution in [0.15, 0.2) is 42.5 Å². The van der Waals surface area contributed by atoms with Gasteiger partial charge in [-0.25, -0.2) is 18.1 Å². The van der Waals surface area contributed by atoms with E-state index in [1.165, 1.54) is 31.0 Å². The molecule has 228 valence electrons. The summed E-state index contributed by atoms with van der Waals surface area (Å²) < 4.78 is 33.5. The molecule has 1 saturated carbocycles. The van der Waals surface area contributed by atoms with E-state index in [0.29, 0.717) is 36.3 Å². The minimum absolute atomic E-state index is 0.0152. The fraction of sp³-hybridized carbons (Fsp3) is 0.562. The van der Waals surface area contributed by atoms with Crippen molar-refractivity contribution in [3.8, 4) is 5.75 Å². The van der Waals surface area contributed by atoms with Gasteiger partial charge in [-0.2, -0.15) is 0 Å². The molecular formula is C32H42ClN3O5S. The summed E-state index contributed by atoms with van der Waals surface area (Å²) in [6.45, 7) is 8.67. The molecule has 2 aliphatic carbocycles. The van der Waals surface area contributed by atoms with Crippen molar-refractivity contribution >= 4 is 33.3 Å². The Morgan fingerprint density at radius 3 is 2.79 bits per heavy atom. The Labute approximate surface area is 254 Å². The fourth-order valence-corrected chi connectivity index (χ4v) is 7.52. The van der Waals surface area contributed by atoms with Crippen LogP contribution in [0.2, 0.25) is 5.02 Å². The molecule has 4 atom stereocenters. The zero-order valence-corrected chi connectivity index (χ0v) is 26.5. The third kappa shape index (κ3) is 6.06. The Morgan fingerprint density at radius 2 is 2.10 bits per heavy atom. The lowest BCUT2D eigenvalue weighted by Gasteiger charge is -2.48. The van der Waals surface area contributed by atoms with Crippen LogP contribution in [-0.2, 0) is 21.9 Å². The number of aromatic nitrogens is 1. The Bertz CT molecular complexity index is 1470. The first-order valence-corrected chi connectivity index (χ1v) is 16.9. The number of amides is 1. The van der Waals surface area contributed by atoms with E-state index in [1.54, 1.807) is 6.07 Å². The topological polar surface area (TPSA) is 109 Å². The number of pyridine rings is 1. The van der Waals surface area contributed by atoms with Gasteiger partial charge in [0.15, 0.2) is 11.6 Å². The van der Waals surface area contributed by atoms with Crippen LogP contribution in [0.4, 0.5) is 5.82 Å². The van der Waals surface area contributed by atoms with Gasteiger partial charge in [-0.1, -0.05) is 36.7 Å². The summed E-state index contributed by atoms with van der Waals surface area (Å²) in [5.41, 5.74) is 1.23. The molecule has 1 aromatic heterocycles. The number of fused-ring (bicyclic) bond motifs is 3. The van der Waals surface area contributed by atoms with Crippen molar-refractivity contribution in [3.63, 3.8) is 0 Å². The highest BCUT2D eigenvalue weighted by atomic mass is 35.5. The van der Waals surface area contributed by atoms with E-state index in [4.69, 9.17) is 21.3 Å². The van der Waals surface area contributed by atoms with E-state index >= 15 is 0 Å². The highest BCUT2D eigenvalue weighted by Gasteiger charge is 2.46. The zero-order valence-electron chi connectivity index (χ0n) is 24.9. The van der Waals surface area contributed by atoms with Gasteiger partial charge < -0.3 is 14.7 Å². The number of sulfonamides is 1. The minimum Gasteiger partial charge on any atom is -0.489 e. The molecule has 42 heavy (non-hydrogen) atoms. The van der Waals surface area contributed by atoms with Crippen LogP contribution in [-0.4, -0.2) is 55.0 Å². The summed E-state index contributed by atoms with van der Waals surface area (Å²) in [4.78, 5) is 20.0. The third-order valence-corrected chi connectivity index (χ3v) is 11.2. The van der Waals surface area contributed by atoms with Crippen LogP contribution in [0.5, 0.6) is 5.75 Å². The molecule has 2 aromatic rings. The van der Waals surface area contributed by atoms with Crippen molar-refractivity contribution in [2.24, 2.45) is 11.8 Å². The number of hydrogen-bond acceptors (Lipinski definition) is 7. The molecule has 1 aliphatic heterocycles. The Kier molecular flexibility index (Phi) is 8.67. The monoisotopic (exact) mass is 615 g/mol. The van der Waals surface area contributed by atoms with Gasteiger partial charge in [0.2, 0.25) is 10.0 Å². The molecule has 2 N–H and O–H groups in total. The molecule has 5 rings (SSSR count). The Morgan fingerprint density at radius 1 is 1.31 bits per heavy atom. The number of allylic oxidation sites excluding steroid dienone is 1. The van der Waals surface area contributed by atoms with Gasteiger partial charge in [-0.3, -0.25) is 4.79 Å². The second-order valence-corrected chi connectivity index (χ2v) is 15.3. The smallest absolute Gasteiger partial charge is 0.283 e. The maximum Gasteiger partial charge on any atom is 0.283 e. The lowest BCUT2D eigenvalue weighted by Crippen LogP contribution is -2.51. The number of aryl methyl sites for hydroxylation is 1. The summed E-state index contributed by atoms with van der Waals surface area (Å²) in [6.07, 6.45) is 9.57. The van der Waals surface area contributed by atoms with Gasteiger partial charge in [0, 0.05) is 23.5 Å². The number of hydrogen-bond donors (Lipinski definition) is 2. The molecule has 1 aromatic carbocycles. The van der Waals surface area contributed by atoms with Crippen LogP contribution < -0.4 is 14.4 Å². The average molecular weight is 616 g/mol. The molecule has 0 radical (unpaired) electrons. The number of halogens is 1. The molecule has 1 amide bonds. The molecule has 8 nitrogen and oxygen atoms in total. The van der Waals surface area contributed by atoms with Crippen molar-refractivity contribution < 1.29 is 23.1 Å². The first-order chi connectivity index (χ1) is 19.8. The number of carbonyl (C=O) groups is 1. The average Bonchev–Trinajstić information content (AvgIpc) is 3.06. The predicted octanol–water partition coefficient (Wildman–Crippen LogP) is 5.42. The number of anilines is 1. The summed E-state index contributed by atoms with van der Waals surface area (Å²) in [5, 5.41) is 11.3. The normalized spacial score (nSPS) is 25.3. The number of nitrogens with one attached hydrogen (secondary N) is 1. The Hall–Kier alpha value is -2.62. The van der Waals surface area contributed by atoms with Gasteiger partial charge in [0.05, 0.1) is 17.5 Å². The van der Waals surface area contributed by atoms with Crippen LogP contribution in [0, 0.1) is 11.8 Å². The standard InChI is InChI=1S/C32H42ClN3O5S/c1-5-6-15-31(4,38)25-11-9-23(25)18-36-19-32(16-7-8-22-17-24(33)10-12-26(22)32)20-41-28-14-13-27(34-29(28)36)30(37)35-42(39,40)21(2)3/h6,10,12-15,17,21,23,25,38H,5,7-9,11,16,18-20H2,1-4H3,(H,35,37)/b15-6+/t23-,25+,31+,32-/m0/s1. The number of rotatable bonds is 8. The van der Waals surface area contributed by atoms with Crippen molar-refractivity contribution in [3.05, 3.63) is 64.3 Å². The van der Waals surface area contributed by atoms with Crippen LogP contribution >= 0.6 is 11.6 Å². The summed E-state index contributed by atoms with van der Waals surface area (Å²) in [5.74, 6) is 0.612. The molecular weight excluding hydrogens is 574 g/mol. The second kappa shape index (κ2) is 11.8. The van der Waals surface area contributed by atoms with E-state index < -0.39 is 26.8 Å². The molecule has 0 bridgehead atoms. The van der Waals surface area contributed by atoms with E-state index in [9.17, 15) is 18.3 Å². The lowest BCUT2D eigenvalue weighted by molar-refractivity contribution is -0.0314. The van der Waals surface area contributed by atoms with Crippen LogP contribution in [0.1, 0.15) is 81.4 Å². The Balaban J connectivity index is 1.53. The molecule has 1 spiro atoms. The minimum atomic E-state index is -3.82. The van der Waals surface area contributed by atoms with Gasteiger partial charge in [-0.05, 0) is 107 Å². The molecule has 1 fully saturated rings. The first-order valence-electron chi connectivity index (χ1n) is 15.0. The SMILES string of the molecule is CC/C=C/[C@@](C)(O)[C@@H]1CC[C@H]1CN1C[C@@]2(CCCc3cc(Cl)ccc32)COc2ccc(C(=O)NS(=O)(=O)C(C)C)nc21. The highest BCUT2D eigenvalue weighted by Crippen LogP contribution is 2.47. The predicted molar refractivity (Wildman–Crippen MR) is 166 cm³/mol. The molecule has 2 heterocycles. The van der Waals surface area contributed by atoms with Crippen molar-refractivity contribution in [2.45, 2.75) is 82.5 Å². The van der Waals surface area contributed by atoms with E-state index in [2.05, 4.69) is 28.7 Å². The second-order valence-electron chi connectivity index (χ2n) is 12.6. The van der Waals surface area contributed by atoms with Crippen LogP contribution in [0.3, 0.4) is 0 Å². The highest BCUT2D eigenvalue weighted by molar-refractivity contribution is 7.90. The summed E-state index contributed by atoms with van der Waals surface area (Å²) >= 11 is 6.38. The van der Waals surface area contributed by atoms with Crippen LogP contribution in [0.25, 0.3) is 0 Å². The first kappa shape index (κ1) is 30.8. The quantitative estimate of drug-likeness (QED) is 0.382. The molecule has 0 unspecified atom stereocenters. The largest absolute Gasteiger partial charge is 0.489 e. The number of benzene rings is 1. The van der Waals surface area contributed by atoms with Gasteiger partial charge >= 0.3 is 0 Å². The summed E-state index contributed by atoms with van der Waals surface area (Å²) in [6, 6.07) is 9.33. The summed E-state index contributed by atoms with van der Waals surface area (Å²) in [7, 11) is -3.82. The molecule has 0 saturated heterocycles. The number of ether oxygens (including phenoxy) is 1. The van der Waals surface area contributed by atoms with Gasteiger partial charge in [-0.15, -0.1) is 0 Å². The number of carbonyl (C=O) groups excluding carboxylic acids is 1. The maximum absolute atomic E-state index is 13.0. The number of aliphatic hydroxyl groups is 1. The molecule has 3 aliphatic rings. The van der Waals surface area contributed by atoms with E-state index in [0.717, 1.165) is 38.5 Å². The van der Waals surface area contributed by atoms with E-state index in [1.807, 2.05) is 25.1 Å². The van der Waals surface area contributed by atoms with Crippen molar-refractivity contribution in [2.75, 3.05) is 24.6 Å². The fourth-order valence-electron chi connectivity index (χ4n) is 6.73. The van der Waals surface area contributed by atoms with E-state index in [-0.39, 0.29) is 22.9 Å². The maximum atomic E-state index is 13.0. The van der Waals surface area contributed by atoms with Gasteiger partial charge in [0.1, 0.15) is 5.69 Å². The van der Waals surface area contributed by atoms with Crippen molar-refractivity contribution in [1.29, 1.82) is 0 Å². The molecule has 10 heteroatoms. The lowest BCUT2D eigenvalue weighted by atomic mass is 9.64.